The molecule has 3 aromatic rings. The minimum absolute atomic E-state index is 0.438. The Bertz CT molecular complexity index is 854. The maximum absolute atomic E-state index is 10.3. The van der Waals surface area contributed by atoms with Gasteiger partial charge in [0, 0.05) is 28.7 Å². The fraction of sp³-hybridized carbons (Fsp3) is 0.182. The molecule has 0 fully saturated rings. The van der Waals surface area contributed by atoms with Crippen molar-refractivity contribution in [1.82, 2.24) is 5.32 Å². The third kappa shape index (κ3) is 5.98. The predicted octanol–water partition coefficient (Wildman–Crippen LogP) is 5.40. The minimum Gasteiger partial charge on any atom is -0.489 e. The molecule has 0 saturated carbocycles. The first kappa shape index (κ1) is 19.7. The molecule has 1 unspecified atom stereocenters. The fourth-order valence-electron chi connectivity index (χ4n) is 2.71. The largest absolute Gasteiger partial charge is 0.489 e. The van der Waals surface area contributed by atoms with Gasteiger partial charge in [0.2, 0.25) is 0 Å². The van der Waals surface area contributed by atoms with Crippen molar-refractivity contribution in [3.05, 3.63) is 99.5 Å². The number of hydrogen-bond donors (Lipinski definition) is 2. The Balaban J connectivity index is 1.59. The third-order valence-corrected chi connectivity index (χ3v) is 4.65. The van der Waals surface area contributed by atoms with Gasteiger partial charge in [-0.3, -0.25) is 0 Å². The molecular formula is C22H21Cl2NO2. The molecule has 140 valence electrons. The molecule has 0 aliphatic carbocycles. The van der Waals surface area contributed by atoms with E-state index in [0.29, 0.717) is 29.7 Å². The lowest BCUT2D eigenvalue weighted by atomic mass is 10.1. The van der Waals surface area contributed by atoms with Crippen molar-refractivity contribution in [3.8, 4) is 5.75 Å². The molecule has 0 aromatic heterocycles. The molecule has 0 spiro atoms. The molecule has 0 aliphatic rings. The highest BCUT2D eigenvalue weighted by Gasteiger charge is 2.09. The second-order valence-electron chi connectivity index (χ2n) is 6.22. The van der Waals surface area contributed by atoms with Crippen LogP contribution < -0.4 is 10.1 Å². The first-order valence-corrected chi connectivity index (χ1v) is 9.47. The summed E-state index contributed by atoms with van der Waals surface area (Å²) in [5.74, 6) is 0.760. The Labute approximate surface area is 169 Å². The van der Waals surface area contributed by atoms with E-state index in [1.165, 1.54) is 0 Å². The van der Waals surface area contributed by atoms with Crippen molar-refractivity contribution in [1.29, 1.82) is 0 Å². The third-order valence-electron chi connectivity index (χ3n) is 4.17. The first-order valence-electron chi connectivity index (χ1n) is 8.71. The summed E-state index contributed by atoms with van der Waals surface area (Å²) < 4.78 is 5.96. The SMILES string of the molecule is OC(CNCc1cc(Cl)ccc1OCc1ccc(Cl)cc1)c1ccccc1. The zero-order valence-electron chi connectivity index (χ0n) is 14.7. The molecule has 3 aromatic carbocycles. The molecule has 5 heteroatoms. The van der Waals surface area contributed by atoms with Crippen LogP contribution in [0.15, 0.2) is 72.8 Å². The van der Waals surface area contributed by atoms with E-state index in [9.17, 15) is 5.11 Å². The van der Waals surface area contributed by atoms with Crippen LogP contribution in [0.1, 0.15) is 22.8 Å². The average molecular weight is 402 g/mol. The lowest BCUT2D eigenvalue weighted by Gasteiger charge is -2.15. The zero-order chi connectivity index (χ0) is 19.1. The number of benzene rings is 3. The highest BCUT2D eigenvalue weighted by Crippen LogP contribution is 2.24. The minimum atomic E-state index is -0.566. The molecule has 0 bridgehead atoms. The van der Waals surface area contributed by atoms with Crippen molar-refractivity contribution in [2.24, 2.45) is 0 Å². The van der Waals surface area contributed by atoms with E-state index in [1.807, 2.05) is 66.7 Å². The topological polar surface area (TPSA) is 41.5 Å². The van der Waals surface area contributed by atoms with Crippen molar-refractivity contribution in [2.45, 2.75) is 19.3 Å². The van der Waals surface area contributed by atoms with Crippen LogP contribution in [-0.4, -0.2) is 11.7 Å². The summed E-state index contributed by atoms with van der Waals surface area (Å²) in [6, 6.07) is 22.7. The molecule has 1 atom stereocenters. The lowest BCUT2D eigenvalue weighted by Crippen LogP contribution is -2.21. The molecule has 3 nitrogen and oxygen atoms in total. The summed E-state index contributed by atoms with van der Waals surface area (Å²) in [6.07, 6.45) is -0.566. The maximum atomic E-state index is 10.3. The Kier molecular flexibility index (Phi) is 7.13. The Hall–Kier alpha value is -2.04. The maximum Gasteiger partial charge on any atom is 0.124 e. The highest BCUT2D eigenvalue weighted by atomic mass is 35.5. The van der Waals surface area contributed by atoms with Crippen molar-refractivity contribution in [2.75, 3.05) is 6.54 Å². The Morgan fingerprint density at radius 3 is 2.33 bits per heavy atom. The standard InChI is InChI=1S/C22H21Cl2NO2/c23-19-8-6-16(7-9-19)15-27-22-11-10-20(24)12-18(22)13-25-14-21(26)17-4-2-1-3-5-17/h1-12,21,25-26H,13-15H2. The van der Waals surface area contributed by atoms with Gasteiger partial charge in [-0.05, 0) is 41.5 Å². The van der Waals surface area contributed by atoms with Gasteiger partial charge in [0.25, 0.3) is 0 Å². The molecule has 0 saturated heterocycles. The number of rotatable bonds is 8. The predicted molar refractivity (Wildman–Crippen MR) is 110 cm³/mol. The van der Waals surface area contributed by atoms with Crippen LogP contribution in [0, 0.1) is 0 Å². The zero-order valence-corrected chi connectivity index (χ0v) is 16.3. The quantitative estimate of drug-likeness (QED) is 0.531. The van der Waals surface area contributed by atoms with Gasteiger partial charge < -0.3 is 15.2 Å². The second-order valence-corrected chi connectivity index (χ2v) is 7.10. The summed E-state index contributed by atoms with van der Waals surface area (Å²) in [5, 5.41) is 14.9. The monoisotopic (exact) mass is 401 g/mol. The number of halogens is 2. The van der Waals surface area contributed by atoms with Crippen molar-refractivity contribution >= 4 is 23.2 Å². The van der Waals surface area contributed by atoms with Gasteiger partial charge in [0.1, 0.15) is 12.4 Å². The molecule has 2 N–H and O–H groups in total. The number of nitrogens with one attached hydrogen (secondary N) is 1. The molecule has 0 radical (unpaired) electrons. The molecule has 0 amide bonds. The van der Waals surface area contributed by atoms with Gasteiger partial charge in [-0.15, -0.1) is 0 Å². The summed E-state index contributed by atoms with van der Waals surface area (Å²) in [4.78, 5) is 0. The molecule has 0 aliphatic heterocycles. The normalized spacial score (nSPS) is 12.0. The molecule has 27 heavy (non-hydrogen) atoms. The number of ether oxygens (including phenoxy) is 1. The summed E-state index contributed by atoms with van der Waals surface area (Å²) >= 11 is 12.1. The molecule has 0 heterocycles. The van der Waals surface area contributed by atoms with Crippen LogP contribution in [0.4, 0.5) is 0 Å². The summed E-state index contributed by atoms with van der Waals surface area (Å²) in [5.41, 5.74) is 2.86. The number of aliphatic hydroxyl groups excluding tert-OH is 1. The van der Waals surface area contributed by atoms with E-state index >= 15 is 0 Å². The highest BCUT2D eigenvalue weighted by molar-refractivity contribution is 6.30. The van der Waals surface area contributed by atoms with E-state index in [1.54, 1.807) is 6.07 Å². The van der Waals surface area contributed by atoms with Gasteiger partial charge >= 0.3 is 0 Å². The Morgan fingerprint density at radius 1 is 0.889 bits per heavy atom. The number of hydrogen-bond acceptors (Lipinski definition) is 3. The van der Waals surface area contributed by atoms with E-state index in [4.69, 9.17) is 27.9 Å². The fourth-order valence-corrected chi connectivity index (χ4v) is 3.03. The average Bonchev–Trinajstić information content (AvgIpc) is 2.69. The molecular weight excluding hydrogens is 381 g/mol. The van der Waals surface area contributed by atoms with Gasteiger partial charge in [-0.2, -0.15) is 0 Å². The molecule has 3 rings (SSSR count). The van der Waals surface area contributed by atoms with E-state index in [-0.39, 0.29) is 0 Å². The van der Waals surface area contributed by atoms with Crippen LogP contribution in [0.5, 0.6) is 5.75 Å². The lowest BCUT2D eigenvalue weighted by molar-refractivity contribution is 0.174. The van der Waals surface area contributed by atoms with E-state index in [2.05, 4.69) is 5.32 Å². The van der Waals surface area contributed by atoms with E-state index in [0.717, 1.165) is 22.4 Å². The first-order chi connectivity index (χ1) is 13.1. The van der Waals surface area contributed by atoms with E-state index < -0.39 is 6.10 Å². The number of aliphatic hydroxyl groups is 1. The summed E-state index contributed by atoms with van der Waals surface area (Å²) in [6.45, 7) is 1.42. The van der Waals surface area contributed by atoms with Crippen LogP contribution in [0.25, 0.3) is 0 Å². The van der Waals surface area contributed by atoms with Crippen LogP contribution in [0.2, 0.25) is 10.0 Å². The van der Waals surface area contributed by atoms with Gasteiger partial charge in [0.15, 0.2) is 0 Å². The van der Waals surface area contributed by atoms with Gasteiger partial charge in [-0.25, -0.2) is 0 Å². The van der Waals surface area contributed by atoms with Gasteiger partial charge in [-0.1, -0.05) is 65.7 Å². The Morgan fingerprint density at radius 2 is 1.59 bits per heavy atom. The summed E-state index contributed by atoms with van der Waals surface area (Å²) in [7, 11) is 0. The van der Waals surface area contributed by atoms with Crippen molar-refractivity contribution in [3.63, 3.8) is 0 Å². The van der Waals surface area contributed by atoms with Crippen LogP contribution in [-0.2, 0) is 13.2 Å². The second kappa shape index (κ2) is 9.77. The van der Waals surface area contributed by atoms with Crippen LogP contribution in [0.3, 0.4) is 0 Å². The van der Waals surface area contributed by atoms with Gasteiger partial charge in [0.05, 0.1) is 6.10 Å². The van der Waals surface area contributed by atoms with Crippen molar-refractivity contribution < 1.29 is 9.84 Å². The smallest absolute Gasteiger partial charge is 0.124 e. The van der Waals surface area contributed by atoms with Crippen LogP contribution >= 0.6 is 23.2 Å².